The fourth-order valence-electron chi connectivity index (χ4n) is 4.56. The van der Waals surface area contributed by atoms with Crippen molar-refractivity contribution in [3.63, 3.8) is 0 Å². The van der Waals surface area contributed by atoms with Crippen molar-refractivity contribution in [2.75, 3.05) is 5.32 Å². The highest BCUT2D eigenvalue weighted by Crippen LogP contribution is 2.47. The molecule has 1 saturated carbocycles. The number of primary amides is 1. The van der Waals surface area contributed by atoms with E-state index in [4.69, 9.17) is 33.7 Å². The second kappa shape index (κ2) is 11.1. The molecule has 0 atom stereocenters. The summed E-state index contributed by atoms with van der Waals surface area (Å²) in [6, 6.07) is 8.62. The molecule has 1 heterocycles. The van der Waals surface area contributed by atoms with Gasteiger partial charge in [0.05, 0.1) is 15.3 Å². The highest BCUT2D eigenvalue weighted by Gasteiger charge is 2.26. The molecule has 3 N–H and O–H groups in total. The number of nitrogens with one attached hydrogen (secondary N) is 1. The second-order valence-electron chi connectivity index (χ2n) is 8.88. The zero-order chi connectivity index (χ0) is 26.9. The number of ether oxygens (including phenoxy) is 1. The molecule has 3 aromatic rings. The molecule has 11 heteroatoms. The van der Waals surface area contributed by atoms with Crippen LogP contribution in [0.2, 0.25) is 10.0 Å². The van der Waals surface area contributed by atoms with Gasteiger partial charge >= 0.3 is 5.97 Å². The minimum absolute atomic E-state index is 0.0265. The lowest BCUT2D eigenvalue weighted by molar-refractivity contribution is -0.132. The Hall–Kier alpha value is -3.14. The van der Waals surface area contributed by atoms with Crippen LogP contribution in [0, 0.1) is 0 Å². The molecule has 0 bridgehead atoms. The fourth-order valence-corrected chi connectivity index (χ4v) is 6.32. The van der Waals surface area contributed by atoms with E-state index in [-0.39, 0.29) is 38.3 Å². The number of hydrogen-bond donors (Lipinski definition) is 2. The molecule has 2 aromatic carbocycles. The summed E-state index contributed by atoms with van der Waals surface area (Å²) in [5.74, 6) is -1.84. The largest absolute Gasteiger partial charge is 0.423 e. The monoisotopic (exact) mass is 561 g/mol. The first-order valence-corrected chi connectivity index (χ1v) is 13.2. The molecule has 1 aliphatic rings. The zero-order valence-corrected chi connectivity index (χ0v) is 22.6. The normalized spacial score (nSPS) is 13.5. The first kappa shape index (κ1) is 26.9. The summed E-state index contributed by atoms with van der Waals surface area (Å²) in [7, 11) is 0. The third-order valence-electron chi connectivity index (χ3n) is 6.29. The topological polar surface area (TPSA) is 119 Å². The van der Waals surface area contributed by atoms with Gasteiger partial charge in [0.25, 0.3) is 11.8 Å². The Kier molecular flexibility index (Phi) is 8.06. The van der Waals surface area contributed by atoms with Crippen LogP contribution in [-0.4, -0.2) is 34.6 Å². The molecular weight excluding hydrogens is 537 g/mol. The molecule has 194 valence electrons. The molecule has 0 unspecified atom stereocenters. The van der Waals surface area contributed by atoms with E-state index in [1.165, 1.54) is 13.0 Å². The molecule has 1 aromatic heterocycles. The van der Waals surface area contributed by atoms with Crippen molar-refractivity contribution in [1.82, 2.24) is 4.90 Å². The number of esters is 1. The van der Waals surface area contributed by atoms with E-state index in [1.807, 2.05) is 17.0 Å². The Morgan fingerprint density at radius 1 is 1.11 bits per heavy atom. The van der Waals surface area contributed by atoms with Crippen molar-refractivity contribution in [3.8, 4) is 5.75 Å². The van der Waals surface area contributed by atoms with Gasteiger partial charge in [-0.1, -0.05) is 48.2 Å². The van der Waals surface area contributed by atoms with Crippen molar-refractivity contribution in [3.05, 3.63) is 57.1 Å². The minimum Gasteiger partial charge on any atom is -0.423 e. The number of benzene rings is 2. The van der Waals surface area contributed by atoms with Gasteiger partial charge in [-0.05, 0) is 36.6 Å². The van der Waals surface area contributed by atoms with Crippen LogP contribution in [0.3, 0.4) is 0 Å². The molecule has 3 amide bonds. The molecule has 37 heavy (non-hydrogen) atoms. The van der Waals surface area contributed by atoms with Gasteiger partial charge in [-0.25, -0.2) is 0 Å². The summed E-state index contributed by atoms with van der Waals surface area (Å²) in [6.07, 6.45) is 4.27. The number of anilines is 1. The Morgan fingerprint density at radius 2 is 1.76 bits per heavy atom. The number of nitrogens with zero attached hydrogens (tertiary/aromatic N) is 1. The van der Waals surface area contributed by atoms with Gasteiger partial charge < -0.3 is 20.7 Å². The fraction of sp³-hybridized carbons (Fsp3) is 0.308. The van der Waals surface area contributed by atoms with Gasteiger partial charge in [0.1, 0.15) is 10.0 Å². The second-order valence-corrected chi connectivity index (χ2v) is 10.7. The summed E-state index contributed by atoms with van der Waals surface area (Å²) in [5, 5.41) is 3.32. The molecular formula is C26H25Cl2N3O5S. The van der Waals surface area contributed by atoms with Gasteiger partial charge in [0.15, 0.2) is 5.75 Å². The predicted octanol–water partition coefficient (Wildman–Crippen LogP) is 5.78. The van der Waals surface area contributed by atoms with Crippen LogP contribution >= 0.6 is 34.5 Å². The lowest BCUT2D eigenvalue weighted by Crippen LogP contribution is -2.36. The Bertz CT molecular complexity index is 1400. The lowest BCUT2D eigenvalue weighted by atomic mass is 10.1. The Labute approximate surface area is 227 Å². The van der Waals surface area contributed by atoms with E-state index in [1.54, 1.807) is 19.1 Å². The van der Waals surface area contributed by atoms with Crippen molar-refractivity contribution in [2.45, 2.75) is 52.1 Å². The summed E-state index contributed by atoms with van der Waals surface area (Å²) < 4.78 is 5.49. The lowest BCUT2D eigenvalue weighted by Gasteiger charge is -2.28. The Balaban J connectivity index is 1.58. The highest BCUT2D eigenvalue weighted by molar-refractivity contribution is 7.24. The summed E-state index contributed by atoms with van der Waals surface area (Å²) in [5.41, 5.74) is 6.94. The molecule has 0 radical (unpaired) electrons. The van der Waals surface area contributed by atoms with Gasteiger partial charge in [-0.2, -0.15) is 0 Å². The first-order chi connectivity index (χ1) is 17.6. The number of hydrogen-bond acceptors (Lipinski definition) is 6. The van der Waals surface area contributed by atoms with Crippen LogP contribution in [0.5, 0.6) is 5.75 Å². The number of rotatable bonds is 7. The van der Waals surface area contributed by atoms with Gasteiger partial charge in [-0.15, -0.1) is 11.3 Å². The summed E-state index contributed by atoms with van der Waals surface area (Å²) in [6.45, 7) is 3.27. The van der Waals surface area contributed by atoms with Crippen LogP contribution in [0.15, 0.2) is 30.3 Å². The average molecular weight is 562 g/mol. The van der Waals surface area contributed by atoms with Crippen LogP contribution in [-0.2, 0) is 16.1 Å². The van der Waals surface area contributed by atoms with E-state index in [2.05, 4.69) is 5.32 Å². The molecule has 0 aliphatic heterocycles. The Morgan fingerprint density at radius 3 is 2.32 bits per heavy atom. The molecule has 0 spiro atoms. The van der Waals surface area contributed by atoms with Crippen LogP contribution < -0.4 is 15.8 Å². The molecule has 1 aliphatic carbocycles. The quantitative estimate of drug-likeness (QED) is 0.280. The summed E-state index contributed by atoms with van der Waals surface area (Å²) in [4.78, 5) is 50.8. The smallest absolute Gasteiger partial charge is 0.308 e. The van der Waals surface area contributed by atoms with Crippen molar-refractivity contribution in [2.24, 2.45) is 5.73 Å². The maximum absolute atomic E-state index is 13.0. The first-order valence-electron chi connectivity index (χ1n) is 11.7. The maximum Gasteiger partial charge on any atom is 0.308 e. The number of carbonyl (C=O) groups excluding carboxylic acids is 4. The van der Waals surface area contributed by atoms with Gasteiger partial charge in [0.2, 0.25) is 5.91 Å². The molecule has 0 saturated heterocycles. The van der Waals surface area contributed by atoms with Gasteiger partial charge in [-0.3, -0.25) is 19.2 Å². The summed E-state index contributed by atoms with van der Waals surface area (Å²) >= 11 is 13.7. The van der Waals surface area contributed by atoms with E-state index in [0.717, 1.165) is 42.6 Å². The van der Waals surface area contributed by atoms with Crippen molar-refractivity contribution < 1.29 is 23.9 Å². The van der Waals surface area contributed by atoms with E-state index in [0.29, 0.717) is 22.2 Å². The van der Waals surface area contributed by atoms with E-state index >= 15 is 0 Å². The van der Waals surface area contributed by atoms with Crippen LogP contribution in [0.25, 0.3) is 10.1 Å². The molecule has 1 fully saturated rings. The van der Waals surface area contributed by atoms with Crippen LogP contribution in [0.1, 0.15) is 65.8 Å². The number of amides is 3. The van der Waals surface area contributed by atoms with Crippen molar-refractivity contribution in [1.29, 1.82) is 0 Å². The third kappa shape index (κ3) is 5.74. The molecule has 4 rings (SSSR count). The maximum atomic E-state index is 13.0. The van der Waals surface area contributed by atoms with Crippen LogP contribution in [0.4, 0.5) is 5.00 Å². The average Bonchev–Trinajstić information content (AvgIpc) is 3.48. The molecule has 8 nitrogen and oxygen atoms in total. The number of thiophene rings is 1. The minimum atomic E-state index is -0.777. The number of nitrogens with two attached hydrogens (primary N) is 1. The van der Waals surface area contributed by atoms with E-state index < -0.39 is 17.8 Å². The van der Waals surface area contributed by atoms with Crippen molar-refractivity contribution >= 4 is 73.3 Å². The standard InChI is InChI=1S/C26H25Cl2N3O5S/c1-13(32)31(17-5-3-4-6-17)12-15-7-9-16(10-8-15)25(35)30-26-20(24(29)34)18-11-19(27)22(36-14(2)33)21(28)23(18)37-26/h7-11,17H,3-6,12H2,1-2H3,(H2,29,34)(H,30,35). The van der Waals surface area contributed by atoms with E-state index in [9.17, 15) is 19.2 Å². The number of halogens is 2. The van der Waals surface area contributed by atoms with Gasteiger partial charge in [0, 0.05) is 37.4 Å². The third-order valence-corrected chi connectivity index (χ3v) is 8.18. The highest BCUT2D eigenvalue weighted by atomic mass is 35.5. The SMILES string of the molecule is CC(=O)Oc1c(Cl)cc2c(C(N)=O)c(NC(=O)c3ccc(CN(C(C)=O)C4CCCC4)cc3)sc2c1Cl. The number of fused-ring (bicyclic) bond motifs is 1. The zero-order valence-electron chi connectivity index (χ0n) is 20.2. The predicted molar refractivity (Wildman–Crippen MR) is 145 cm³/mol. The number of carbonyl (C=O) groups is 4.